The maximum atomic E-state index is 13.6. The number of hydrogen-bond acceptors (Lipinski definition) is 6. The quantitative estimate of drug-likeness (QED) is 0.285. The Labute approximate surface area is 214 Å². The van der Waals surface area contributed by atoms with Crippen LogP contribution in [0.2, 0.25) is 0 Å². The maximum Gasteiger partial charge on any atom is 0.356 e. The summed E-state index contributed by atoms with van der Waals surface area (Å²) in [5.74, 6) is -1.15. The van der Waals surface area contributed by atoms with E-state index in [1.807, 2.05) is 42.5 Å². The lowest BCUT2D eigenvalue weighted by Gasteiger charge is -2.10. The first-order chi connectivity index (χ1) is 18.0. The molecule has 0 spiro atoms. The number of anilines is 2. The van der Waals surface area contributed by atoms with Gasteiger partial charge in [-0.1, -0.05) is 42.5 Å². The van der Waals surface area contributed by atoms with E-state index in [-0.39, 0.29) is 23.8 Å². The van der Waals surface area contributed by atoms with E-state index in [2.05, 4.69) is 15.6 Å². The molecule has 4 rings (SSSR count). The van der Waals surface area contributed by atoms with Gasteiger partial charge >= 0.3 is 5.97 Å². The molecule has 192 valence electrons. The number of ether oxygens (including phenoxy) is 2. The minimum absolute atomic E-state index is 0.192. The van der Waals surface area contributed by atoms with Crippen LogP contribution in [0.15, 0.2) is 66.9 Å². The van der Waals surface area contributed by atoms with Gasteiger partial charge in [-0.25, -0.2) is 14.2 Å². The Morgan fingerprint density at radius 1 is 1.03 bits per heavy atom. The molecule has 0 radical (unpaired) electrons. The Kier molecular flexibility index (Phi) is 8.48. The minimum Gasteiger partial charge on any atom is -0.464 e. The summed E-state index contributed by atoms with van der Waals surface area (Å²) in [6, 6.07) is 17.8. The second-order valence-electron chi connectivity index (χ2n) is 8.47. The van der Waals surface area contributed by atoms with Crippen LogP contribution in [0, 0.1) is 5.82 Å². The third-order valence-electron chi connectivity index (χ3n) is 5.93. The topological polar surface area (TPSA) is 94.5 Å². The van der Waals surface area contributed by atoms with E-state index in [1.165, 1.54) is 19.2 Å². The highest BCUT2D eigenvalue weighted by Crippen LogP contribution is 2.33. The van der Waals surface area contributed by atoms with Gasteiger partial charge in [-0.3, -0.25) is 4.79 Å². The lowest BCUT2D eigenvalue weighted by molar-refractivity contribution is -0.116. The van der Waals surface area contributed by atoms with E-state index < -0.39 is 5.97 Å². The van der Waals surface area contributed by atoms with Crippen LogP contribution in [0.25, 0.3) is 11.0 Å². The molecule has 0 aliphatic rings. The first-order valence-corrected chi connectivity index (χ1v) is 11.9. The molecule has 0 atom stereocenters. The van der Waals surface area contributed by atoms with Crippen LogP contribution in [0.5, 0.6) is 0 Å². The number of fused-ring (bicyclic) bond motifs is 1. The van der Waals surface area contributed by atoms with Crippen molar-refractivity contribution in [2.45, 2.75) is 25.9 Å². The molecule has 2 aromatic carbocycles. The fourth-order valence-corrected chi connectivity index (χ4v) is 4.11. The lowest BCUT2D eigenvalue weighted by Crippen LogP contribution is -2.18. The van der Waals surface area contributed by atoms with Crippen molar-refractivity contribution in [1.82, 2.24) is 9.55 Å². The fraction of sp³-hybridized carbons (Fsp3) is 0.250. The molecule has 0 saturated heterocycles. The van der Waals surface area contributed by atoms with Crippen molar-refractivity contribution in [2.75, 3.05) is 31.5 Å². The molecule has 4 aromatic rings. The Morgan fingerprint density at radius 3 is 2.54 bits per heavy atom. The number of carbonyl (C=O) groups excluding carboxylic acids is 2. The molecular formula is C28H29FN4O4. The molecule has 2 heterocycles. The van der Waals surface area contributed by atoms with Crippen molar-refractivity contribution < 1.29 is 23.5 Å². The van der Waals surface area contributed by atoms with E-state index in [1.54, 1.807) is 23.9 Å². The highest BCUT2D eigenvalue weighted by atomic mass is 19.1. The molecule has 2 aromatic heterocycles. The molecule has 9 heteroatoms. The van der Waals surface area contributed by atoms with E-state index in [4.69, 9.17) is 9.47 Å². The first kappa shape index (κ1) is 25.8. The normalized spacial score (nSPS) is 10.9. The first-order valence-electron chi connectivity index (χ1n) is 11.9. The van der Waals surface area contributed by atoms with Crippen molar-refractivity contribution in [3.8, 4) is 0 Å². The average Bonchev–Trinajstić information content (AvgIpc) is 3.21. The monoisotopic (exact) mass is 504 g/mol. The number of aromatic nitrogens is 2. The summed E-state index contributed by atoms with van der Waals surface area (Å²) < 4.78 is 25.5. The summed E-state index contributed by atoms with van der Waals surface area (Å²) in [5, 5.41) is 6.73. The Balaban J connectivity index is 1.67. The number of hydrogen-bond donors (Lipinski definition) is 2. The lowest BCUT2D eigenvalue weighted by atomic mass is 10.1. The van der Waals surface area contributed by atoms with E-state index in [0.717, 1.165) is 11.1 Å². The van der Waals surface area contributed by atoms with Gasteiger partial charge in [0.1, 0.15) is 11.5 Å². The van der Waals surface area contributed by atoms with Gasteiger partial charge in [0.05, 0.1) is 31.3 Å². The zero-order valence-corrected chi connectivity index (χ0v) is 20.8. The van der Waals surface area contributed by atoms with Crippen LogP contribution >= 0.6 is 0 Å². The van der Waals surface area contributed by atoms with Gasteiger partial charge in [0.25, 0.3) is 0 Å². The summed E-state index contributed by atoms with van der Waals surface area (Å²) in [4.78, 5) is 30.4. The van der Waals surface area contributed by atoms with Crippen LogP contribution in [-0.4, -0.2) is 42.3 Å². The molecule has 1 amide bonds. The van der Waals surface area contributed by atoms with Gasteiger partial charge < -0.3 is 24.7 Å². The summed E-state index contributed by atoms with van der Waals surface area (Å²) in [7, 11) is 2.86. The number of methoxy groups -OCH3 is 2. The summed E-state index contributed by atoms with van der Waals surface area (Å²) in [6.07, 6.45) is 2.43. The van der Waals surface area contributed by atoms with E-state index in [0.29, 0.717) is 48.5 Å². The number of carbonyl (C=O) groups is 2. The van der Waals surface area contributed by atoms with Crippen molar-refractivity contribution in [1.29, 1.82) is 0 Å². The Morgan fingerprint density at radius 2 is 1.81 bits per heavy atom. The molecule has 0 unspecified atom stereocenters. The molecule has 0 saturated carbocycles. The van der Waals surface area contributed by atoms with E-state index >= 15 is 0 Å². The predicted octanol–water partition coefficient (Wildman–Crippen LogP) is 4.79. The smallest absolute Gasteiger partial charge is 0.356 e. The van der Waals surface area contributed by atoms with Crippen molar-refractivity contribution in [2.24, 2.45) is 0 Å². The summed E-state index contributed by atoms with van der Waals surface area (Å²) in [5.41, 5.74) is 3.49. The van der Waals surface area contributed by atoms with Crippen LogP contribution in [-0.2, 0) is 33.8 Å². The van der Waals surface area contributed by atoms with Crippen LogP contribution in [0.4, 0.5) is 15.8 Å². The van der Waals surface area contributed by atoms with Crippen molar-refractivity contribution in [3.63, 3.8) is 0 Å². The number of rotatable bonds is 11. The molecule has 37 heavy (non-hydrogen) atoms. The number of esters is 1. The van der Waals surface area contributed by atoms with Crippen molar-refractivity contribution in [3.05, 3.63) is 89.5 Å². The zero-order chi connectivity index (χ0) is 26.2. The number of pyridine rings is 1. The van der Waals surface area contributed by atoms with Gasteiger partial charge in [0.15, 0.2) is 5.69 Å². The minimum atomic E-state index is -0.596. The molecule has 8 nitrogen and oxygen atoms in total. The third-order valence-corrected chi connectivity index (χ3v) is 5.93. The summed E-state index contributed by atoms with van der Waals surface area (Å²) >= 11 is 0. The largest absolute Gasteiger partial charge is 0.464 e. The number of halogens is 1. The number of benzene rings is 2. The fourth-order valence-electron chi connectivity index (χ4n) is 4.11. The number of aryl methyl sites for hydroxylation is 1. The Hall–Kier alpha value is -4.24. The molecule has 0 aliphatic carbocycles. The highest BCUT2D eigenvalue weighted by Gasteiger charge is 2.26. The number of nitrogens with zero attached hydrogens (tertiary/aromatic N) is 2. The number of nitrogens with one attached hydrogen (secondary N) is 2. The zero-order valence-electron chi connectivity index (χ0n) is 20.8. The number of amides is 1. The maximum absolute atomic E-state index is 13.6. The molecule has 0 bridgehead atoms. The molecule has 0 fully saturated rings. The van der Waals surface area contributed by atoms with Crippen LogP contribution in [0.3, 0.4) is 0 Å². The van der Waals surface area contributed by atoms with Crippen LogP contribution in [0.1, 0.15) is 28.0 Å². The van der Waals surface area contributed by atoms with Crippen molar-refractivity contribution >= 4 is 34.3 Å². The highest BCUT2D eigenvalue weighted by molar-refractivity contribution is 6.11. The standard InChI is InChI=1S/C28H29FN4O4/c1-36-14-13-33-26(28(35)37-2)25(32-24(34)12-11-19-7-4-3-5-8-19)23-16-22(18-31-27(23)33)30-17-20-9-6-10-21(29)15-20/h3-10,15-16,18,30H,11-14,17H2,1-2H3,(H,32,34). The predicted molar refractivity (Wildman–Crippen MR) is 140 cm³/mol. The van der Waals surface area contributed by atoms with Gasteiger partial charge in [0.2, 0.25) is 5.91 Å². The van der Waals surface area contributed by atoms with Gasteiger partial charge in [-0.05, 0) is 35.7 Å². The average molecular weight is 505 g/mol. The van der Waals surface area contributed by atoms with Gasteiger partial charge in [-0.15, -0.1) is 0 Å². The van der Waals surface area contributed by atoms with Crippen LogP contribution < -0.4 is 10.6 Å². The molecule has 0 aliphatic heterocycles. The molecule has 2 N–H and O–H groups in total. The SMILES string of the molecule is COCCn1c(C(=O)OC)c(NC(=O)CCc2ccccc2)c2cc(NCc3cccc(F)c3)cnc21. The van der Waals surface area contributed by atoms with E-state index in [9.17, 15) is 14.0 Å². The summed E-state index contributed by atoms with van der Waals surface area (Å²) in [6.45, 7) is 1.04. The Bertz CT molecular complexity index is 1390. The molecular weight excluding hydrogens is 475 g/mol. The third kappa shape index (κ3) is 6.31. The van der Waals surface area contributed by atoms with Gasteiger partial charge in [-0.2, -0.15) is 0 Å². The van der Waals surface area contributed by atoms with Gasteiger partial charge in [0, 0.05) is 32.0 Å². The second-order valence-corrected chi connectivity index (χ2v) is 8.47. The second kappa shape index (κ2) is 12.1.